The van der Waals surface area contributed by atoms with Crippen LogP contribution in [0.1, 0.15) is 6.42 Å². The van der Waals surface area contributed by atoms with Crippen LogP contribution in [0, 0.1) is 5.82 Å². The van der Waals surface area contributed by atoms with E-state index in [1.54, 1.807) is 24.3 Å². The molecule has 7 heteroatoms. The van der Waals surface area contributed by atoms with Crippen LogP contribution in [-0.4, -0.2) is 24.4 Å². The molecule has 0 bridgehead atoms. The fraction of sp³-hybridized carbons (Fsp3) is 0.200. The normalized spacial score (nSPS) is 11.6. The Hall–Kier alpha value is -2.34. The number of pyridine rings is 1. The first-order valence-electron chi connectivity index (χ1n) is 6.34. The molecular weight excluding hydrogens is 313 g/mol. The largest absolute Gasteiger partial charge is 0.469 e. The van der Waals surface area contributed by atoms with Gasteiger partial charge in [0, 0.05) is 6.20 Å². The highest BCUT2D eigenvalue weighted by Gasteiger charge is 2.20. The summed E-state index contributed by atoms with van der Waals surface area (Å²) in [4.78, 5) is 15.2. The van der Waals surface area contributed by atoms with Crippen LogP contribution in [0.3, 0.4) is 0 Å². The number of halogens is 2. The summed E-state index contributed by atoms with van der Waals surface area (Å²) in [6.45, 7) is 0. The predicted molar refractivity (Wildman–Crippen MR) is 77.3 cm³/mol. The molecule has 0 N–H and O–H groups in total. The number of methoxy groups -OCH3 is 1. The van der Waals surface area contributed by atoms with E-state index in [9.17, 15) is 9.18 Å². The summed E-state index contributed by atoms with van der Waals surface area (Å²) < 4.78 is 29.1. The lowest BCUT2D eigenvalue weighted by molar-refractivity contribution is -0.146. The number of ether oxygens (including phenoxy) is 3. The third-order valence-electron chi connectivity index (χ3n) is 2.59. The van der Waals surface area contributed by atoms with E-state index in [0.29, 0.717) is 5.75 Å². The van der Waals surface area contributed by atoms with Crippen molar-refractivity contribution in [2.45, 2.75) is 12.7 Å². The Labute approximate surface area is 131 Å². The lowest BCUT2D eigenvalue weighted by atomic mass is 10.3. The van der Waals surface area contributed by atoms with E-state index in [0.717, 1.165) is 6.07 Å². The number of carbonyl (C=O) groups excluding carboxylic acids is 1. The molecular formula is C15H13ClFNO4. The maximum absolute atomic E-state index is 13.7. The Morgan fingerprint density at radius 3 is 2.68 bits per heavy atom. The maximum Gasteiger partial charge on any atom is 0.313 e. The second-order valence-electron chi connectivity index (χ2n) is 4.20. The number of aromatic nitrogens is 1. The molecule has 0 fully saturated rings. The average Bonchev–Trinajstić information content (AvgIpc) is 2.51. The third-order valence-corrected chi connectivity index (χ3v) is 2.80. The van der Waals surface area contributed by atoms with E-state index < -0.39 is 18.1 Å². The van der Waals surface area contributed by atoms with Crippen molar-refractivity contribution in [1.29, 1.82) is 0 Å². The number of benzene rings is 1. The number of esters is 1. The molecule has 1 aromatic carbocycles. The average molecular weight is 326 g/mol. The van der Waals surface area contributed by atoms with Gasteiger partial charge in [0.15, 0.2) is 5.82 Å². The van der Waals surface area contributed by atoms with Gasteiger partial charge < -0.3 is 14.2 Å². The molecule has 0 amide bonds. The van der Waals surface area contributed by atoms with E-state index in [1.807, 2.05) is 6.07 Å². The summed E-state index contributed by atoms with van der Waals surface area (Å²) in [6.07, 6.45) is -0.0784. The minimum absolute atomic E-state index is 0.137. The maximum atomic E-state index is 13.7. The first-order chi connectivity index (χ1) is 10.6. The molecule has 2 aromatic rings. The van der Waals surface area contributed by atoms with Crippen molar-refractivity contribution in [3.05, 3.63) is 53.4 Å². The molecule has 0 aliphatic heterocycles. The monoisotopic (exact) mass is 325 g/mol. The van der Waals surface area contributed by atoms with Crippen molar-refractivity contribution in [3.63, 3.8) is 0 Å². The Morgan fingerprint density at radius 1 is 1.32 bits per heavy atom. The molecule has 1 aromatic heterocycles. The molecule has 2 rings (SSSR count). The van der Waals surface area contributed by atoms with Gasteiger partial charge in [0.25, 0.3) is 12.2 Å². The summed E-state index contributed by atoms with van der Waals surface area (Å²) in [5.41, 5.74) is 0. The van der Waals surface area contributed by atoms with Gasteiger partial charge in [-0.3, -0.25) is 4.79 Å². The first-order valence-corrected chi connectivity index (χ1v) is 6.72. The smallest absolute Gasteiger partial charge is 0.313 e. The van der Waals surface area contributed by atoms with Crippen LogP contribution in [-0.2, 0) is 9.53 Å². The number of carbonyl (C=O) groups is 1. The van der Waals surface area contributed by atoms with Gasteiger partial charge in [0.2, 0.25) is 0 Å². The molecule has 22 heavy (non-hydrogen) atoms. The Balaban J connectivity index is 2.14. The highest BCUT2D eigenvalue weighted by molar-refractivity contribution is 6.30. The second-order valence-corrected chi connectivity index (χ2v) is 4.64. The third kappa shape index (κ3) is 4.60. The lowest BCUT2D eigenvalue weighted by Crippen LogP contribution is -2.28. The van der Waals surface area contributed by atoms with Crippen molar-refractivity contribution in [3.8, 4) is 11.6 Å². The minimum atomic E-state index is -1.09. The molecule has 0 radical (unpaired) electrons. The van der Waals surface area contributed by atoms with Gasteiger partial charge in [-0.1, -0.05) is 29.8 Å². The lowest BCUT2D eigenvalue weighted by Gasteiger charge is -2.19. The van der Waals surface area contributed by atoms with Gasteiger partial charge in [-0.25, -0.2) is 9.37 Å². The molecule has 116 valence electrons. The van der Waals surface area contributed by atoms with Crippen molar-refractivity contribution in [2.24, 2.45) is 0 Å². The summed E-state index contributed by atoms with van der Waals surface area (Å²) in [5, 5.41) is 0.137. The number of hydrogen-bond acceptors (Lipinski definition) is 5. The SMILES string of the molecule is COC(=O)CC(Oc1ccccc1)Oc1ncc(Cl)cc1F. The van der Waals surface area contributed by atoms with Crippen LogP contribution >= 0.6 is 11.6 Å². The molecule has 5 nitrogen and oxygen atoms in total. The summed E-state index contributed by atoms with van der Waals surface area (Å²) in [5.74, 6) is -1.16. The van der Waals surface area contributed by atoms with Gasteiger partial charge in [0.05, 0.1) is 12.1 Å². The molecule has 0 saturated carbocycles. The van der Waals surface area contributed by atoms with Gasteiger partial charge in [0.1, 0.15) is 12.2 Å². The van der Waals surface area contributed by atoms with E-state index in [-0.39, 0.29) is 17.3 Å². The first kappa shape index (κ1) is 16.0. The number of rotatable bonds is 6. The van der Waals surface area contributed by atoms with E-state index in [1.165, 1.54) is 13.3 Å². The molecule has 0 saturated heterocycles. The Morgan fingerprint density at radius 2 is 2.05 bits per heavy atom. The Kier molecular flexibility index (Phi) is 5.55. The molecule has 0 aliphatic carbocycles. The second kappa shape index (κ2) is 7.61. The van der Waals surface area contributed by atoms with E-state index in [4.69, 9.17) is 21.1 Å². The van der Waals surface area contributed by atoms with Crippen LogP contribution in [0.2, 0.25) is 5.02 Å². The molecule has 1 atom stereocenters. The van der Waals surface area contributed by atoms with Crippen LogP contribution < -0.4 is 9.47 Å². The van der Waals surface area contributed by atoms with Gasteiger partial charge in [-0.15, -0.1) is 0 Å². The quantitative estimate of drug-likeness (QED) is 0.603. The summed E-state index contributed by atoms with van der Waals surface area (Å²) >= 11 is 5.63. The topological polar surface area (TPSA) is 57.7 Å². The fourth-order valence-electron chi connectivity index (χ4n) is 1.59. The number of para-hydroxylation sites is 1. The summed E-state index contributed by atoms with van der Waals surface area (Å²) in [6, 6.07) is 9.74. The zero-order valence-corrected chi connectivity index (χ0v) is 12.4. The molecule has 0 spiro atoms. The zero-order chi connectivity index (χ0) is 15.9. The highest BCUT2D eigenvalue weighted by Crippen LogP contribution is 2.21. The fourth-order valence-corrected chi connectivity index (χ4v) is 1.74. The van der Waals surface area contributed by atoms with Crippen molar-refractivity contribution in [1.82, 2.24) is 4.98 Å². The van der Waals surface area contributed by atoms with Crippen LogP contribution in [0.15, 0.2) is 42.6 Å². The zero-order valence-electron chi connectivity index (χ0n) is 11.7. The number of hydrogen-bond donors (Lipinski definition) is 0. The highest BCUT2D eigenvalue weighted by atomic mass is 35.5. The molecule has 1 unspecified atom stereocenters. The molecule has 1 heterocycles. The predicted octanol–water partition coefficient (Wildman–Crippen LogP) is 3.22. The van der Waals surface area contributed by atoms with Crippen LogP contribution in [0.25, 0.3) is 0 Å². The summed E-state index contributed by atoms with van der Waals surface area (Å²) in [7, 11) is 1.24. The minimum Gasteiger partial charge on any atom is -0.469 e. The van der Waals surface area contributed by atoms with Crippen molar-refractivity contribution >= 4 is 17.6 Å². The van der Waals surface area contributed by atoms with E-state index in [2.05, 4.69) is 9.72 Å². The van der Waals surface area contributed by atoms with Crippen molar-refractivity contribution in [2.75, 3.05) is 7.11 Å². The standard InChI is InChI=1S/C15H13ClFNO4/c1-20-13(19)8-14(21-11-5-3-2-4-6-11)22-15-12(17)7-10(16)9-18-15/h2-7,9,14H,8H2,1H3. The molecule has 0 aliphatic rings. The van der Waals surface area contributed by atoms with Crippen LogP contribution in [0.5, 0.6) is 11.6 Å². The Bertz CT molecular complexity index is 639. The van der Waals surface area contributed by atoms with Crippen molar-refractivity contribution < 1.29 is 23.4 Å². The van der Waals surface area contributed by atoms with Gasteiger partial charge in [-0.05, 0) is 18.2 Å². The van der Waals surface area contributed by atoms with E-state index >= 15 is 0 Å². The van der Waals surface area contributed by atoms with Crippen LogP contribution in [0.4, 0.5) is 4.39 Å². The van der Waals surface area contributed by atoms with Gasteiger partial charge in [-0.2, -0.15) is 0 Å². The van der Waals surface area contributed by atoms with Gasteiger partial charge >= 0.3 is 5.97 Å². The number of nitrogens with zero attached hydrogens (tertiary/aromatic N) is 1.